The lowest BCUT2D eigenvalue weighted by Gasteiger charge is -2.04. The summed E-state index contributed by atoms with van der Waals surface area (Å²) >= 11 is 6.51. The van der Waals surface area contributed by atoms with Gasteiger partial charge in [0.15, 0.2) is 4.88 Å². The van der Waals surface area contributed by atoms with Crippen molar-refractivity contribution in [2.45, 2.75) is 0 Å². The number of aromatic carboxylic acids is 1. The summed E-state index contributed by atoms with van der Waals surface area (Å²) in [7, 11) is 0. The zero-order valence-corrected chi connectivity index (χ0v) is 9.76. The molecule has 4 nitrogen and oxygen atoms in total. The van der Waals surface area contributed by atoms with Gasteiger partial charge < -0.3 is 9.84 Å². The Bertz CT molecular complexity index is 572. The van der Waals surface area contributed by atoms with Gasteiger partial charge in [0.1, 0.15) is 11.6 Å². The molecule has 0 radical (unpaired) electrons. The number of nitrogens with zero attached hydrogens (tertiary/aromatic N) is 1. The number of aromatic nitrogens is 1. The SMILES string of the molecule is O=C(O)c1scnc1Oc1ccc(F)c(Cl)c1. The summed E-state index contributed by atoms with van der Waals surface area (Å²) in [6.45, 7) is 0. The molecule has 1 aromatic carbocycles. The molecule has 1 heterocycles. The number of carboxylic acids is 1. The Morgan fingerprint density at radius 2 is 2.29 bits per heavy atom. The maximum absolute atomic E-state index is 12.9. The van der Waals surface area contributed by atoms with Crippen LogP contribution in [0, 0.1) is 5.82 Å². The van der Waals surface area contributed by atoms with Gasteiger partial charge in [-0.15, -0.1) is 11.3 Å². The van der Waals surface area contributed by atoms with Crippen molar-refractivity contribution >= 4 is 28.9 Å². The first-order valence-electron chi connectivity index (χ1n) is 4.37. The number of carbonyl (C=O) groups is 1. The van der Waals surface area contributed by atoms with Crippen LogP contribution in [-0.2, 0) is 0 Å². The van der Waals surface area contributed by atoms with Crippen LogP contribution >= 0.6 is 22.9 Å². The Hall–Kier alpha value is -1.66. The van der Waals surface area contributed by atoms with Crippen molar-refractivity contribution in [1.29, 1.82) is 0 Å². The van der Waals surface area contributed by atoms with Crippen molar-refractivity contribution in [1.82, 2.24) is 4.98 Å². The van der Waals surface area contributed by atoms with Crippen molar-refractivity contribution in [3.05, 3.63) is 39.4 Å². The van der Waals surface area contributed by atoms with Gasteiger partial charge in [-0.1, -0.05) is 11.6 Å². The lowest BCUT2D eigenvalue weighted by atomic mass is 10.3. The molecule has 2 aromatic rings. The first-order valence-corrected chi connectivity index (χ1v) is 5.63. The van der Waals surface area contributed by atoms with Gasteiger partial charge >= 0.3 is 5.97 Å². The monoisotopic (exact) mass is 273 g/mol. The van der Waals surface area contributed by atoms with Gasteiger partial charge in [-0.05, 0) is 12.1 Å². The minimum atomic E-state index is -1.13. The summed E-state index contributed by atoms with van der Waals surface area (Å²) in [5.74, 6) is -1.51. The fraction of sp³-hybridized carbons (Fsp3) is 0. The Kier molecular flexibility index (Phi) is 3.26. The number of hydrogen-bond acceptors (Lipinski definition) is 4. The largest absolute Gasteiger partial charge is 0.477 e. The predicted octanol–water partition coefficient (Wildman–Crippen LogP) is 3.43. The quantitative estimate of drug-likeness (QED) is 0.931. The number of carboxylic acid groups (broad SMARTS) is 1. The van der Waals surface area contributed by atoms with Gasteiger partial charge in [-0.3, -0.25) is 0 Å². The smallest absolute Gasteiger partial charge is 0.351 e. The van der Waals surface area contributed by atoms with Crippen LogP contribution in [0.3, 0.4) is 0 Å². The molecule has 0 aliphatic rings. The highest BCUT2D eigenvalue weighted by Crippen LogP contribution is 2.29. The summed E-state index contributed by atoms with van der Waals surface area (Å²) in [6, 6.07) is 3.72. The van der Waals surface area contributed by atoms with Crippen LogP contribution in [-0.4, -0.2) is 16.1 Å². The summed E-state index contributed by atoms with van der Waals surface area (Å²) in [4.78, 5) is 14.5. The molecule has 0 saturated heterocycles. The first kappa shape index (κ1) is 11.8. The molecule has 0 spiro atoms. The second-order valence-electron chi connectivity index (χ2n) is 2.97. The summed E-state index contributed by atoms with van der Waals surface area (Å²) < 4.78 is 18.1. The number of halogens is 2. The summed E-state index contributed by atoms with van der Waals surface area (Å²) in [6.07, 6.45) is 0. The van der Waals surface area contributed by atoms with Crippen LogP contribution in [0.2, 0.25) is 5.02 Å². The van der Waals surface area contributed by atoms with Crippen LogP contribution in [0.4, 0.5) is 4.39 Å². The molecule has 7 heteroatoms. The van der Waals surface area contributed by atoms with E-state index in [1.165, 1.54) is 17.6 Å². The highest BCUT2D eigenvalue weighted by molar-refractivity contribution is 7.12. The topological polar surface area (TPSA) is 59.4 Å². The third kappa shape index (κ3) is 2.54. The lowest BCUT2D eigenvalue weighted by molar-refractivity contribution is 0.0699. The lowest BCUT2D eigenvalue weighted by Crippen LogP contribution is -1.96. The van der Waals surface area contributed by atoms with Crippen LogP contribution in [0.1, 0.15) is 9.67 Å². The molecule has 0 fully saturated rings. The minimum Gasteiger partial charge on any atom is -0.477 e. The minimum absolute atomic E-state index is 0.0227. The zero-order valence-electron chi connectivity index (χ0n) is 8.18. The van der Waals surface area contributed by atoms with E-state index in [2.05, 4.69) is 4.98 Å². The van der Waals surface area contributed by atoms with Gasteiger partial charge in [0.25, 0.3) is 0 Å². The molecule has 0 aliphatic heterocycles. The summed E-state index contributed by atoms with van der Waals surface area (Å²) in [5, 5.41) is 8.73. The van der Waals surface area contributed by atoms with E-state index in [-0.39, 0.29) is 21.5 Å². The third-order valence-corrected chi connectivity index (χ3v) is 2.92. The van der Waals surface area contributed by atoms with Crippen molar-refractivity contribution in [3.63, 3.8) is 0 Å². The van der Waals surface area contributed by atoms with E-state index in [4.69, 9.17) is 21.4 Å². The second kappa shape index (κ2) is 4.68. The molecule has 0 saturated carbocycles. The standard InChI is InChI=1S/C10H5ClFNO3S/c11-6-3-5(1-2-7(6)12)16-9-8(10(14)15)17-4-13-9/h1-4H,(H,14,15). The predicted molar refractivity (Wildman–Crippen MR) is 60.6 cm³/mol. The number of benzene rings is 1. The van der Waals surface area contributed by atoms with E-state index in [0.29, 0.717) is 0 Å². The Labute approximate surface area is 104 Å². The van der Waals surface area contributed by atoms with Crippen LogP contribution in [0.15, 0.2) is 23.7 Å². The molecule has 1 aromatic heterocycles. The molecule has 0 unspecified atom stereocenters. The van der Waals surface area contributed by atoms with Gasteiger partial charge in [-0.2, -0.15) is 0 Å². The molecule has 88 valence electrons. The normalized spacial score (nSPS) is 10.2. The number of thiazole rings is 1. The average molecular weight is 274 g/mol. The maximum atomic E-state index is 12.9. The molecule has 0 atom stereocenters. The van der Waals surface area contributed by atoms with Crippen LogP contribution in [0.5, 0.6) is 11.6 Å². The van der Waals surface area contributed by atoms with E-state index in [9.17, 15) is 9.18 Å². The van der Waals surface area contributed by atoms with E-state index in [0.717, 1.165) is 17.4 Å². The molecule has 0 amide bonds. The number of hydrogen-bond donors (Lipinski definition) is 1. The molecule has 1 N–H and O–H groups in total. The molecular formula is C10H5ClFNO3S. The summed E-state index contributed by atoms with van der Waals surface area (Å²) in [5.41, 5.74) is 1.35. The fourth-order valence-corrected chi connectivity index (χ4v) is 1.82. The molecular weight excluding hydrogens is 269 g/mol. The molecule has 2 rings (SSSR count). The van der Waals surface area contributed by atoms with Gasteiger partial charge in [0, 0.05) is 6.07 Å². The Balaban J connectivity index is 2.28. The fourth-order valence-electron chi connectivity index (χ4n) is 1.10. The molecule has 17 heavy (non-hydrogen) atoms. The second-order valence-corrected chi connectivity index (χ2v) is 4.23. The number of ether oxygens (including phenoxy) is 1. The Morgan fingerprint density at radius 1 is 1.53 bits per heavy atom. The maximum Gasteiger partial charge on any atom is 0.351 e. The van der Waals surface area contributed by atoms with E-state index in [1.54, 1.807) is 0 Å². The van der Waals surface area contributed by atoms with Crippen molar-refractivity contribution in [2.24, 2.45) is 0 Å². The van der Waals surface area contributed by atoms with Crippen molar-refractivity contribution in [3.8, 4) is 11.6 Å². The highest BCUT2D eigenvalue weighted by Gasteiger charge is 2.15. The van der Waals surface area contributed by atoms with Gasteiger partial charge in [0.05, 0.1) is 10.5 Å². The van der Waals surface area contributed by atoms with Crippen LogP contribution in [0.25, 0.3) is 0 Å². The average Bonchev–Trinajstić information content (AvgIpc) is 2.72. The van der Waals surface area contributed by atoms with E-state index >= 15 is 0 Å². The Morgan fingerprint density at radius 3 is 2.94 bits per heavy atom. The zero-order chi connectivity index (χ0) is 12.4. The van der Waals surface area contributed by atoms with Crippen LogP contribution < -0.4 is 4.74 Å². The van der Waals surface area contributed by atoms with Gasteiger partial charge in [0.2, 0.25) is 5.88 Å². The first-order chi connectivity index (χ1) is 8.08. The van der Waals surface area contributed by atoms with E-state index in [1.807, 2.05) is 0 Å². The third-order valence-electron chi connectivity index (χ3n) is 1.83. The molecule has 0 bridgehead atoms. The highest BCUT2D eigenvalue weighted by atomic mass is 35.5. The molecule has 0 aliphatic carbocycles. The van der Waals surface area contributed by atoms with Crippen molar-refractivity contribution in [2.75, 3.05) is 0 Å². The van der Waals surface area contributed by atoms with Gasteiger partial charge in [-0.25, -0.2) is 14.2 Å². The number of rotatable bonds is 3. The van der Waals surface area contributed by atoms with Crippen molar-refractivity contribution < 1.29 is 19.0 Å². The van der Waals surface area contributed by atoms with E-state index < -0.39 is 11.8 Å².